The molecule has 0 radical (unpaired) electrons. The number of rotatable bonds is 0. The van der Waals surface area contributed by atoms with Gasteiger partial charge in [-0.1, -0.05) is 22.0 Å². The minimum atomic E-state index is -2.81. The highest BCUT2D eigenvalue weighted by Gasteiger charge is 2.43. The van der Waals surface area contributed by atoms with Gasteiger partial charge < -0.3 is 0 Å². The molecule has 1 unspecified atom stereocenters. The number of hydrogen-bond acceptors (Lipinski definition) is 1. The van der Waals surface area contributed by atoms with E-state index in [0.717, 1.165) is 0 Å². The molecule has 0 aliphatic heterocycles. The van der Waals surface area contributed by atoms with E-state index in [1.54, 1.807) is 12.1 Å². The third-order valence-corrected chi connectivity index (χ3v) is 3.17. The molecule has 1 aliphatic rings. The minimum absolute atomic E-state index is 0.0153. The molecule has 1 aromatic rings. The summed E-state index contributed by atoms with van der Waals surface area (Å²) in [5, 5.41) is 8.60. The van der Waals surface area contributed by atoms with E-state index in [1.165, 1.54) is 6.07 Å². The first kappa shape index (κ1) is 9.60. The maximum atomic E-state index is 13.4. The zero-order valence-corrected chi connectivity index (χ0v) is 8.68. The molecule has 0 spiro atoms. The summed E-state index contributed by atoms with van der Waals surface area (Å²) in [6, 6.07) is 6.29. The average molecular weight is 258 g/mol. The van der Waals surface area contributed by atoms with Crippen LogP contribution in [0.25, 0.3) is 0 Å². The van der Waals surface area contributed by atoms with E-state index in [2.05, 4.69) is 15.9 Å². The molecule has 0 heterocycles. The van der Waals surface area contributed by atoms with Crippen LogP contribution in [-0.2, 0) is 5.92 Å². The van der Waals surface area contributed by atoms with Crippen LogP contribution in [-0.4, -0.2) is 0 Å². The molecule has 1 aromatic carbocycles. The van der Waals surface area contributed by atoms with Crippen molar-refractivity contribution in [2.75, 3.05) is 0 Å². The van der Waals surface area contributed by atoms with E-state index in [-0.39, 0.29) is 22.4 Å². The van der Waals surface area contributed by atoms with Crippen LogP contribution in [0.1, 0.15) is 27.9 Å². The van der Waals surface area contributed by atoms with Crippen LogP contribution in [0.5, 0.6) is 0 Å². The van der Waals surface area contributed by atoms with Crippen molar-refractivity contribution in [2.24, 2.45) is 0 Å². The van der Waals surface area contributed by atoms with Crippen molar-refractivity contribution in [3.05, 3.63) is 34.9 Å². The summed E-state index contributed by atoms with van der Waals surface area (Å²) in [6.07, 6.45) is -0.225. The lowest BCUT2D eigenvalue weighted by molar-refractivity contribution is -0.00203. The van der Waals surface area contributed by atoms with Crippen LogP contribution in [0.4, 0.5) is 8.78 Å². The third-order valence-electron chi connectivity index (χ3n) is 2.35. The van der Waals surface area contributed by atoms with Crippen LogP contribution in [0.3, 0.4) is 0 Å². The van der Waals surface area contributed by atoms with Crippen molar-refractivity contribution in [2.45, 2.75) is 17.2 Å². The molecule has 0 amide bonds. The van der Waals surface area contributed by atoms with E-state index in [4.69, 9.17) is 5.26 Å². The molecule has 0 fully saturated rings. The van der Waals surface area contributed by atoms with Gasteiger partial charge in [0.05, 0.1) is 11.6 Å². The molecule has 0 saturated carbocycles. The highest BCUT2D eigenvalue weighted by Crippen LogP contribution is 2.50. The van der Waals surface area contributed by atoms with Crippen LogP contribution >= 0.6 is 15.9 Å². The molecule has 2 rings (SSSR count). The highest BCUT2D eigenvalue weighted by molar-refractivity contribution is 9.09. The summed E-state index contributed by atoms with van der Waals surface area (Å²) in [7, 11) is 0. The van der Waals surface area contributed by atoms with Crippen LogP contribution in [0.15, 0.2) is 18.2 Å². The smallest absolute Gasteiger partial charge is 0.201 e. The Morgan fingerprint density at radius 3 is 2.86 bits per heavy atom. The number of benzene rings is 1. The Balaban J connectivity index is 2.60. The Labute approximate surface area is 88.5 Å². The Hall–Kier alpha value is -0.950. The zero-order valence-electron chi connectivity index (χ0n) is 7.10. The van der Waals surface area contributed by atoms with E-state index in [0.29, 0.717) is 5.56 Å². The first-order chi connectivity index (χ1) is 6.54. The summed E-state index contributed by atoms with van der Waals surface area (Å²) in [5.74, 6) is -2.81. The summed E-state index contributed by atoms with van der Waals surface area (Å²) >= 11 is 3.20. The second kappa shape index (κ2) is 3.03. The Morgan fingerprint density at radius 2 is 2.21 bits per heavy atom. The van der Waals surface area contributed by atoms with E-state index in [9.17, 15) is 8.78 Å². The topological polar surface area (TPSA) is 23.8 Å². The zero-order chi connectivity index (χ0) is 10.3. The van der Waals surface area contributed by atoms with Gasteiger partial charge >= 0.3 is 0 Å². The molecule has 0 aromatic heterocycles. The molecule has 4 heteroatoms. The molecule has 0 bridgehead atoms. The number of nitriles is 1. The van der Waals surface area contributed by atoms with Gasteiger partial charge in [0.2, 0.25) is 0 Å². The molecule has 1 aliphatic carbocycles. The van der Waals surface area contributed by atoms with Gasteiger partial charge in [0, 0.05) is 16.8 Å². The standard InChI is InChI=1S/C10H6BrF2N/c11-9-4-10(12,13)8-3-6(5-14)1-2-7(8)9/h1-3,9H,4H2. The minimum Gasteiger partial charge on any atom is -0.201 e. The van der Waals surface area contributed by atoms with Crippen LogP contribution in [0, 0.1) is 11.3 Å². The normalized spacial score (nSPS) is 22.9. The fraction of sp³-hybridized carbons (Fsp3) is 0.300. The summed E-state index contributed by atoms with van der Waals surface area (Å²) in [4.78, 5) is -0.305. The fourth-order valence-corrected chi connectivity index (χ4v) is 2.47. The molecule has 0 saturated heterocycles. The summed E-state index contributed by atoms with van der Waals surface area (Å²) in [6.45, 7) is 0. The fourth-order valence-electron chi connectivity index (χ4n) is 1.66. The SMILES string of the molecule is N#Cc1ccc2c(c1)C(F)(F)CC2Br. The lowest BCUT2D eigenvalue weighted by Gasteiger charge is -2.09. The first-order valence-corrected chi connectivity index (χ1v) is 5.02. The van der Waals surface area contributed by atoms with Gasteiger partial charge in [-0.2, -0.15) is 5.26 Å². The van der Waals surface area contributed by atoms with Gasteiger partial charge in [0.15, 0.2) is 0 Å². The highest BCUT2D eigenvalue weighted by atomic mass is 79.9. The lowest BCUT2D eigenvalue weighted by Crippen LogP contribution is -2.07. The number of alkyl halides is 3. The number of fused-ring (bicyclic) bond motifs is 1. The van der Waals surface area contributed by atoms with Crippen molar-refractivity contribution < 1.29 is 8.78 Å². The average Bonchev–Trinajstić information content (AvgIpc) is 2.37. The van der Waals surface area contributed by atoms with Gasteiger partial charge in [-0.15, -0.1) is 0 Å². The maximum Gasteiger partial charge on any atom is 0.275 e. The Kier molecular flexibility index (Phi) is 2.07. The van der Waals surface area contributed by atoms with Crippen molar-refractivity contribution in [1.82, 2.24) is 0 Å². The second-order valence-corrected chi connectivity index (χ2v) is 4.40. The van der Waals surface area contributed by atoms with E-state index >= 15 is 0 Å². The van der Waals surface area contributed by atoms with Crippen molar-refractivity contribution in [1.29, 1.82) is 5.26 Å². The molecular formula is C10H6BrF2N. The van der Waals surface area contributed by atoms with Crippen LogP contribution < -0.4 is 0 Å². The van der Waals surface area contributed by atoms with Gasteiger partial charge in [-0.05, 0) is 17.7 Å². The van der Waals surface area contributed by atoms with Gasteiger partial charge in [0.1, 0.15) is 0 Å². The van der Waals surface area contributed by atoms with E-state index in [1.807, 2.05) is 6.07 Å². The molecule has 14 heavy (non-hydrogen) atoms. The second-order valence-electron chi connectivity index (χ2n) is 3.29. The molecule has 72 valence electrons. The Bertz CT molecular complexity index is 423. The maximum absolute atomic E-state index is 13.4. The number of halogens is 3. The van der Waals surface area contributed by atoms with Crippen molar-refractivity contribution in [3.63, 3.8) is 0 Å². The van der Waals surface area contributed by atoms with E-state index < -0.39 is 5.92 Å². The quantitative estimate of drug-likeness (QED) is 0.653. The van der Waals surface area contributed by atoms with Gasteiger partial charge in [-0.25, -0.2) is 8.78 Å². The molecule has 1 atom stereocenters. The molecule has 0 N–H and O–H groups in total. The lowest BCUT2D eigenvalue weighted by atomic mass is 10.1. The molecule has 1 nitrogen and oxygen atoms in total. The predicted molar refractivity (Wildman–Crippen MR) is 51.3 cm³/mol. The van der Waals surface area contributed by atoms with Crippen molar-refractivity contribution in [3.8, 4) is 6.07 Å². The van der Waals surface area contributed by atoms with Gasteiger partial charge in [-0.3, -0.25) is 0 Å². The third kappa shape index (κ3) is 1.32. The number of hydrogen-bond donors (Lipinski definition) is 0. The van der Waals surface area contributed by atoms with Crippen LogP contribution in [0.2, 0.25) is 0 Å². The monoisotopic (exact) mass is 257 g/mol. The van der Waals surface area contributed by atoms with Crippen molar-refractivity contribution >= 4 is 15.9 Å². The molecular weight excluding hydrogens is 252 g/mol. The predicted octanol–water partition coefficient (Wildman–Crippen LogP) is 3.49. The summed E-state index contributed by atoms with van der Waals surface area (Å²) in [5.41, 5.74) is 0.859. The first-order valence-electron chi connectivity index (χ1n) is 4.11. The Morgan fingerprint density at radius 1 is 1.50 bits per heavy atom. The number of nitrogens with zero attached hydrogens (tertiary/aromatic N) is 1. The largest absolute Gasteiger partial charge is 0.275 e. The summed E-state index contributed by atoms with van der Waals surface area (Å²) < 4.78 is 26.7. The van der Waals surface area contributed by atoms with Gasteiger partial charge in [0.25, 0.3) is 5.92 Å².